The van der Waals surface area contributed by atoms with E-state index < -0.39 is 11.8 Å². The molecule has 0 aliphatic rings. The first kappa shape index (κ1) is 22.5. The zero-order valence-electron chi connectivity index (χ0n) is 19.6. The minimum absolute atomic E-state index is 0.122. The number of benzene rings is 4. The summed E-state index contributed by atoms with van der Waals surface area (Å²) in [5, 5.41) is 11.0. The van der Waals surface area contributed by atoms with Crippen LogP contribution >= 0.6 is 22.7 Å². The molecule has 0 saturated carbocycles. The second-order valence-corrected chi connectivity index (χ2v) is 10.6. The topological polar surface area (TPSA) is 96.9 Å². The quantitative estimate of drug-likeness (QED) is 0.252. The molecule has 0 saturated heterocycles. The SMILES string of the molecule is O=C(Nc1nc2ccc3ccccc3c2s1)c1cccc(C(=O)Nc2nc3ccc4ccccc4c3s2)n1. The van der Waals surface area contributed by atoms with Crippen molar-refractivity contribution in [3.63, 3.8) is 0 Å². The van der Waals surface area contributed by atoms with Crippen LogP contribution in [0.5, 0.6) is 0 Å². The Morgan fingerprint density at radius 1 is 0.526 bits per heavy atom. The number of carbonyl (C=O) groups is 2. The third-order valence-electron chi connectivity index (χ3n) is 6.21. The predicted molar refractivity (Wildman–Crippen MR) is 154 cm³/mol. The molecule has 0 atom stereocenters. The molecule has 0 fully saturated rings. The van der Waals surface area contributed by atoms with Crippen LogP contribution in [0.2, 0.25) is 0 Å². The molecule has 0 radical (unpaired) electrons. The van der Waals surface area contributed by atoms with E-state index in [1.165, 1.54) is 22.7 Å². The van der Waals surface area contributed by atoms with Crippen molar-refractivity contribution in [3.05, 3.63) is 102 Å². The average molecular weight is 532 g/mol. The van der Waals surface area contributed by atoms with E-state index in [4.69, 9.17) is 0 Å². The maximum atomic E-state index is 13.0. The van der Waals surface area contributed by atoms with Crippen LogP contribution < -0.4 is 10.6 Å². The van der Waals surface area contributed by atoms with Crippen LogP contribution in [0.4, 0.5) is 10.3 Å². The summed E-state index contributed by atoms with van der Waals surface area (Å²) in [5.41, 5.74) is 1.87. The van der Waals surface area contributed by atoms with Crippen LogP contribution in [0, 0.1) is 0 Å². The summed E-state index contributed by atoms with van der Waals surface area (Å²) in [6.07, 6.45) is 0. The lowest BCUT2D eigenvalue weighted by Crippen LogP contribution is -2.18. The minimum atomic E-state index is -0.436. The number of hydrogen-bond acceptors (Lipinski definition) is 7. The lowest BCUT2D eigenvalue weighted by molar-refractivity contribution is 0.101. The lowest BCUT2D eigenvalue weighted by atomic mass is 10.1. The van der Waals surface area contributed by atoms with Crippen molar-refractivity contribution in [1.82, 2.24) is 15.0 Å². The molecule has 0 aliphatic carbocycles. The van der Waals surface area contributed by atoms with Gasteiger partial charge in [-0.3, -0.25) is 20.2 Å². The molecule has 2 amide bonds. The molecular formula is C29H17N5O2S2. The molecule has 182 valence electrons. The van der Waals surface area contributed by atoms with Gasteiger partial charge in [0.25, 0.3) is 11.8 Å². The van der Waals surface area contributed by atoms with Gasteiger partial charge >= 0.3 is 0 Å². The van der Waals surface area contributed by atoms with Crippen molar-refractivity contribution in [2.75, 3.05) is 10.6 Å². The van der Waals surface area contributed by atoms with Gasteiger partial charge in [-0.05, 0) is 35.0 Å². The van der Waals surface area contributed by atoms with Crippen LogP contribution in [-0.2, 0) is 0 Å². The molecule has 3 heterocycles. The van der Waals surface area contributed by atoms with Gasteiger partial charge in [-0.1, -0.05) is 89.4 Å². The van der Waals surface area contributed by atoms with Crippen LogP contribution in [0.1, 0.15) is 21.0 Å². The first-order valence-electron chi connectivity index (χ1n) is 11.8. The number of hydrogen-bond donors (Lipinski definition) is 2. The average Bonchev–Trinajstić information content (AvgIpc) is 3.56. The molecular weight excluding hydrogens is 514 g/mol. The van der Waals surface area contributed by atoms with E-state index in [-0.39, 0.29) is 11.4 Å². The summed E-state index contributed by atoms with van der Waals surface area (Å²) in [7, 11) is 0. The Morgan fingerprint density at radius 2 is 1.00 bits per heavy atom. The van der Waals surface area contributed by atoms with Crippen LogP contribution in [-0.4, -0.2) is 26.8 Å². The van der Waals surface area contributed by atoms with Gasteiger partial charge in [0.15, 0.2) is 10.3 Å². The molecule has 7 rings (SSSR count). The smallest absolute Gasteiger partial charge is 0.276 e. The highest BCUT2D eigenvalue weighted by molar-refractivity contribution is 7.23. The van der Waals surface area contributed by atoms with E-state index in [9.17, 15) is 9.59 Å². The fraction of sp³-hybridized carbons (Fsp3) is 0. The van der Waals surface area contributed by atoms with Gasteiger partial charge in [0.05, 0.1) is 20.4 Å². The number of nitrogens with zero attached hydrogens (tertiary/aromatic N) is 3. The minimum Gasteiger partial charge on any atom is -0.296 e. The fourth-order valence-corrected chi connectivity index (χ4v) is 6.42. The maximum absolute atomic E-state index is 13.0. The van der Waals surface area contributed by atoms with Crippen LogP contribution in [0.15, 0.2) is 91.0 Å². The Kier molecular flexibility index (Phi) is 5.31. The summed E-state index contributed by atoms with van der Waals surface area (Å²) in [6.45, 7) is 0. The van der Waals surface area contributed by atoms with E-state index in [1.807, 2.05) is 72.8 Å². The number of rotatable bonds is 4. The van der Waals surface area contributed by atoms with E-state index in [0.717, 1.165) is 42.0 Å². The second kappa shape index (κ2) is 8.98. The molecule has 3 aromatic heterocycles. The molecule has 2 N–H and O–H groups in total. The molecule has 0 bridgehead atoms. The van der Waals surface area contributed by atoms with Gasteiger partial charge in [-0.25, -0.2) is 15.0 Å². The van der Waals surface area contributed by atoms with E-state index in [2.05, 4.69) is 25.6 Å². The zero-order valence-corrected chi connectivity index (χ0v) is 21.3. The number of amides is 2. The van der Waals surface area contributed by atoms with E-state index >= 15 is 0 Å². The molecule has 0 aliphatic heterocycles. The summed E-state index contributed by atoms with van der Waals surface area (Å²) >= 11 is 2.82. The molecule has 38 heavy (non-hydrogen) atoms. The van der Waals surface area contributed by atoms with Gasteiger partial charge < -0.3 is 0 Å². The molecule has 0 spiro atoms. The van der Waals surface area contributed by atoms with Crippen molar-refractivity contribution in [1.29, 1.82) is 0 Å². The van der Waals surface area contributed by atoms with Gasteiger partial charge in [-0.15, -0.1) is 0 Å². The Hall–Kier alpha value is -4.73. The third-order valence-corrected chi connectivity index (χ3v) is 8.25. The van der Waals surface area contributed by atoms with Gasteiger partial charge in [0, 0.05) is 10.8 Å². The van der Waals surface area contributed by atoms with Crippen molar-refractivity contribution < 1.29 is 9.59 Å². The van der Waals surface area contributed by atoms with E-state index in [0.29, 0.717) is 10.3 Å². The molecule has 4 aromatic carbocycles. The van der Waals surface area contributed by atoms with Gasteiger partial charge in [-0.2, -0.15) is 0 Å². The Bertz CT molecular complexity index is 1900. The van der Waals surface area contributed by atoms with Crippen LogP contribution in [0.3, 0.4) is 0 Å². The normalized spacial score (nSPS) is 11.4. The Balaban J connectivity index is 1.12. The fourth-order valence-electron chi connectivity index (χ4n) is 4.43. The third kappa shape index (κ3) is 3.94. The first-order chi connectivity index (χ1) is 18.6. The highest BCUT2D eigenvalue weighted by Crippen LogP contribution is 2.34. The van der Waals surface area contributed by atoms with Crippen molar-refractivity contribution in [3.8, 4) is 0 Å². The van der Waals surface area contributed by atoms with Crippen molar-refractivity contribution in [2.24, 2.45) is 0 Å². The van der Waals surface area contributed by atoms with Crippen LogP contribution in [0.25, 0.3) is 42.0 Å². The lowest BCUT2D eigenvalue weighted by Gasteiger charge is -2.04. The Morgan fingerprint density at radius 3 is 1.50 bits per heavy atom. The van der Waals surface area contributed by atoms with Gasteiger partial charge in [0.1, 0.15) is 11.4 Å². The van der Waals surface area contributed by atoms with E-state index in [1.54, 1.807) is 18.2 Å². The number of thiazole rings is 2. The highest BCUT2D eigenvalue weighted by atomic mass is 32.1. The predicted octanol–water partition coefficient (Wildman–Crippen LogP) is 7.11. The summed E-state index contributed by atoms with van der Waals surface area (Å²) < 4.78 is 2.01. The number of anilines is 2. The van der Waals surface area contributed by atoms with Crippen molar-refractivity contribution in [2.45, 2.75) is 0 Å². The summed E-state index contributed by atoms with van der Waals surface area (Å²) in [5.74, 6) is -0.871. The largest absolute Gasteiger partial charge is 0.296 e. The van der Waals surface area contributed by atoms with Gasteiger partial charge in [0.2, 0.25) is 0 Å². The monoisotopic (exact) mass is 531 g/mol. The molecule has 7 nitrogen and oxygen atoms in total. The summed E-state index contributed by atoms with van der Waals surface area (Å²) in [6, 6.07) is 28.8. The molecule has 9 heteroatoms. The maximum Gasteiger partial charge on any atom is 0.276 e. The number of carbonyl (C=O) groups excluding carboxylic acids is 2. The second-order valence-electron chi connectivity index (χ2n) is 8.62. The first-order valence-corrected chi connectivity index (χ1v) is 13.4. The molecule has 7 aromatic rings. The number of fused-ring (bicyclic) bond motifs is 6. The standard InChI is InChI=1S/C29H17N5O2S2/c35-26(33-28-31-20-14-12-16-6-1-3-8-18(16)24(20)37-28)22-10-5-11-23(30-22)27(36)34-29-32-21-15-13-17-7-2-4-9-19(17)25(21)38-29/h1-15H,(H,31,33,35)(H,32,34,36). The summed E-state index contributed by atoms with van der Waals surface area (Å²) in [4.78, 5) is 39.4. The Labute approximate surface area is 223 Å². The number of pyridine rings is 1. The number of nitrogens with one attached hydrogen (secondary N) is 2. The molecule has 0 unspecified atom stereocenters. The number of aromatic nitrogens is 3. The van der Waals surface area contributed by atoms with Crippen molar-refractivity contribution >= 4 is 86.7 Å². The highest BCUT2D eigenvalue weighted by Gasteiger charge is 2.17. The zero-order chi connectivity index (χ0) is 25.6.